The third-order valence-corrected chi connectivity index (χ3v) is 6.90. The highest BCUT2D eigenvalue weighted by Crippen LogP contribution is 2.29. The predicted octanol–water partition coefficient (Wildman–Crippen LogP) is 2.22. The first-order valence-electron chi connectivity index (χ1n) is 12.7. The number of fused-ring (bicyclic) bond motifs is 1. The van der Waals surface area contributed by atoms with Crippen LogP contribution in [0.3, 0.4) is 0 Å². The summed E-state index contributed by atoms with van der Waals surface area (Å²) in [5.74, 6) is -0.391. The summed E-state index contributed by atoms with van der Waals surface area (Å²) in [7, 11) is 0. The van der Waals surface area contributed by atoms with Crippen molar-refractivity contribution >= 4 is 17.7 Å². The van der Waals surface area contributed by atoms with E-state index in [1.807, 2.05) is 35.2 Å². The molecule has 186 valence electrons. The van der Waals surface area contributed by atoms with Gasteiger partial charge in [-0.15, -0.1) is 0 Å². The van der Waals surface area contributed by atoms with E-state index >= 15 is 0 Å². The van der Waals surface area contributed by atoms with Crippen LogP contribution in [0, 0.1) is 0 Å². The van der Waals surface area contributed by atoms with Crippen LogP contribution in [0.4, 0.5) is 0 Å². The largest absolute Gasteiger partial charge is 0.376 e. The van der Waals surface area contributed by atoms with Crippen molar-refractivity contribution in [3.05, 3.63) is 53.3 Å². The number of hydrogen-bond acceptors (Lipinski definition) is 5. The second-order valence-corrected chi connectivity index (χ2v) is 9.62. The Hall–Kier alpha value is -3.20. The summed E-state index contributed by atoms with van der Waals surface area (Å²) in [5, 5.41) is 7.43. The molecule has 9 nitrogen and oxygen atoms in total. The first kappa shape index (κ1) is 23.5. The van der Waals surface area contributed by atoms with Crippen LogP contribution in [0.5, 0.6) is 0 Å². The Kier molecular flexibility index (Phi) is 7.13. The average Bonchev–Trinajstić information content (AvgIpc) is 3.43. The fraction of sp³-hybridized carbons (Fsp3) is 0.538. The average molecular weight is 480 g/mol. The minimum absolute atomic E-state index is 0.0775. The van der Waals surface area contributed by atoms with Crippen LogP contribution in [-0.2, 0) is 22.6 Å². The molecule has 1 N–H and O–H groups in total. The zero-order valence-corrected chi connectivity index (χ0v) is 20.0. The quantitative estimate of drug-likeness (QED) is 0.595. The van der Waals surface area contributed by atoms with Gasteiger partial charge in [0, 0.05) is 57.9 Å². The lowest BCUT2D eigenvalue weighted by Crippen LogP contribution is -2.38. The van der Waals surface area contributed by atoms with E-state index in [0.717, 1.165) is 44.3 Å². The molecule has 0 spiro atoms. The van der Waals surface area contributed by atoms with Gasteiger partial charge in [-0.1, -0.05) is 30.3 Å². The first-order chi connectivity index (χ1) is 17.1. The minimum Gasteiger partial charge on any atom is -0.376 e. The SMILES string of the molecule is O=C(CCN(C(=O)c1cc2n(n1)CCCN(Cc1ccccc1)C2=O)C1CC1)NCC1CCCO1. The summed E-state index contributed by atoms with van der Waals surface area (Å²) in [6.45, 7) is 3.39. The van der Waals surface area contributed by atoms with Crippen LogP contribution in [0.15, 0.2) is 36.4 Å². The van der Waals surface area contributed by atoms with Crippen molar-refractivity contribution in [2.45, 2.75) is 63.8 Å². The maximum atomic E-state index is 13.4. The van der Waals surface area contributed by atoms with Crippen LogP contribution in [-0.4, -0.2) is 75.7 Å². The molecular weight excluding hydrogens is 446 g/mol. The smallest absolute Gasteiger partial charge is 0.274 e. The molecule has 5 rings (SSSR count). The van der Waals surface area contributed by atoms with E-state index in [1.165, 1.54) is 0 Å². The van der Waals surface area contributed by atoms with Crippen molar-refractivity contribution in [3.8, 4) is 0 Å². The number of rotatable bonds is 9. The highest BCUT2D eigenvalue weighted by Gasteiger charge is 2.35. The van der Waals surface area contributed by atoms with Crippen LogP contribution >= 0.6 is 0 Å². The summed E-state index contributed by atoms with van der Waals surface area (Å²) in [6, 6.07) is 11.7. The van der Waals surface area contributed by atoms with E-state index in [1.54, 1.807) is 15.6 Å². The van der Waals surface area contributed by atoms with Crippen LogP contribution in [0.2, 0.25) is 0 Å². The van der Waals surface area contributed by atoms with Crippen molar-refractivity contribution in [3.63, 3.8) is 0 Å². The lowest BCUT2D eigenvalue weighted by molar-refractivity contribution is -0.121. The maximum absolute atomic E-state index is 13.4. The molecule has 1 aromatic carbocycles. The minimum atomic E-state index is -0.206. The van der Waals surface area contributed by atoms with Gasteiger partial charge in [-0.2, -0.15) is 5.10 Å². The first-order valence-corrected chi connectivity index (χ1v) is 12.7. The number of hydrogen-bond donors (Lipinski definition) is 1. The van der Waals surface area contributed by atoms with E-state index in [0.29, 0.717) is 38.4 Å². The summed E-state index contributed by atoms with van der Waals surface area (Å²) in [6.07, 6.45) is 4.98. The molecule has 2 aromatic rings. The number of nitrogens with zero attached hydrogens (tertiary/aromatic N) is 4. The van der Waals surface area contributed by atoms with Gasteiger partial charge in [0.15, 0.2) is 5.69 Å². The predicted molar refractivity (Wildman–Crippen MR) is 129 cm³/mol. The number of aryl methyl sites for hydroxylation is 1. The highest BCUT2D eigenvalue weighted by atomic mass is 16.5. The molecule has 1 aliphatic carbocycles. The number of carbonyl (C=O) groups excluding carboxylic acids is 3. The number of amides is 3. The third kappa shape index (κ3) is 5.73. The Labute approximate surface area is 205 Å². The van der Waals surface area contributed by atoms with Gasteiger partial charge in [0.1, 0.15) is 5.69 Å². The number of nitrogens with one attached hydrogen (secondary N) is 1. The molecule has 3 heterocycles. The Balaban J connectivity index is 1.22. The normalized spacial score (nSPS) is 19.8. The zero-order valence-electron chi connectivity index (χ0n) is 20.0. The molecule has 1 atom stereocenters. The summed E-state index contributed by atoms with van der Waals surface area (Å²) in [5.41, 5.74) is 1.80. The van der Waals surface area contributed by atoms with Crippen molar-refractivity contribution in [1.29, 1.82) is 0 Å². The molecule has 2 fully saturated rings. The fourth-order valence-corrected chi connectivity index (χ4v) is 4.82. The molecule has 1 saturated heterocycles. The standard InChI is InChI=1S/C26H33N5O4/c32-24(27-17-21-8-4-15-35-21)11-14-30(20-9-10-20)25(33)22-16-23-26(34)29(12-5-13-31(23)28-22)18-19-6-2-1-3-7-19/h1-3,6-7,16,20-21H,4-5,8-15,17-18H2,(H,27,32). The molecule has 1 aromatic heterocycles. The van der Waals surface area contributed by atoms with Gasteiger partial charge in [-0.25, -0.2) is 0 Å². The Morgan fingerprint density at radius 1 is 1.11 bits per heavy atom. The molecule has 1 unspecified atom stereocenters. The van der Waals surface area contributed by atoms with Crippen LogP contribution < -0.4 is 5.32 Å². The lowest BCUT2D eigenvalue weighted by atomic mass is 10.2. The van der Waals surface area contributed by atoms with Crippen LogP contribution in [0.1, 0.15) is 65.1 Å². The van der Waals surface area contributed by atoms with E-state index in [2.05, 4.69) is 10.4 Å². The second-order valence-electron chi connectivity index (χ2n) is 9.62. The number of ether oxygens (including phenoxy) is 1. The molecule has 0 bridgehead atoms. The van der Waals surface area contributed by atoms with Gasteiger partial charge in [0.05, 0.1) is 6.10 Å². The molecule has 0 radical (unpaired) electrons. The Morgan fingerprint density at radius 2 is 1.94 bits per heavy atom. The highest BCUT2D eigenvalue weighted by molar-refractivity contribution is 5.98. The van der Waals surface area contributed by atoms with E-state index in [9.17, 15) is 14.4 Å². The fourth-order valence-electron chi connectivity index (χ4n) is 4.82. The summed E-state index contributed by atoms with van der Waals surface area (Å²) in [4.78, 5) is 42.6. The summed E-state index contributed by atoms with van der Waals surface area (Å²) < 4.78 is 7.22. The topological polar surface area (TPSA) is 96.8 Å². The maximum Gasteiger partial charge on any atom is 0.274 e. The van der Waals surface area contributed by atoms with Gasteiger partial charge in [-0.3, -0.25) is 19.1 Å². The molecule has 3 aliphatic rings. The zero-order chi connectivity index (χ0) is 24.2. The third-order valence-electron chi connectivity index (χ3n) is 6.90. The Morgan fingerprint density at radius 3 is 2.69 bits per heavy atom. The van der Waals surface area contributed by atoms with Crippen molar-refractivity contribution < 1.29 is 19.1 Å². The van der Waals surface area contributed by atoms with Crippen molar-refractivity contribution in [2.24, 2.45) is 0 Å². The van der Waals surface area contributed by atoms with E-state index in [4.69, 9.17) is 4.74 Å². The van der Waals surface area contributed by atoms with Crippen molar-refractivity contribution in [1.82, 2.24) is 24.9 Å². The van der Waals surface area contributed by atoms with Gasteiger partial charge < -0.3 is 19.9 Å². The molecule has 2 aliphatic heterocycles. The second kappa shape index (κ2) is 10.6. The monoisotopic (exact) mass is 479 g/mol. The number of aromatic nitrogens is 2. The number of carbonyl (C=O) groups is 3. The van der Waals surface area contributed by atoms with E-state index < -0.39 is 0 Å². The molecule has 3 amide bonds. The molecule has 1 saturated carbocycles. The number of benzene rings is 1. The molecule has 35 heavy (non-hydrogen) atoms. The van der Waals surface area contributed by atoms with Crippen molar-refractivity contribution in [2.75, 3.05) is 26.2 Å². The van der Waals surface area contributed by atoms with Crippen LogP contribution in [0.25, 0.3) is 0 Å². The van der Waals surface area contributed by atoms with Gasteiger partial charge >= 0.3 is 0 Å². The molecular formula is C26H33N5O4. The van der Waals surface area contributed by atoms with Gasteiger partial charge in [0.25, 0.3) is 11.8 Å². The van der Waals surface area contributed by atoms with Gasteiger partial charge in [0.2, 0.25) is 5.91 Å². The van der Waals surface area contributed by atoms with Gasteiger partial charge in [-0.05, 0) is 37.7 Å². The molecule has 9 heteroatoms. The lowest BCUT2D eigenvalue weighted by Gasteiger charge is -2.21. The summed E-state index contributed by atoms with van der Waals surface area (Å²) >= 11 is 0. The van der Waals surface area contributed by atoms with E-state index in [-0.39, 0.29) is 42.0 Å². The Bertz CT molecular complexity index is 1060.